The van der Waals surface area contributed by atoms with Gasteiger partial charge in [-0.25, -0.2) is 0 Å². The fourth-order valence-electron chi connectivity index (χ4n) is 2.26. The van der Waals surface area contributed by atoms with Crippen LogP contribution < -0.4 is 0 Å². The van der Waals surface area contributed by atoms with Gasteiger partial charge in [-0.3, -0.25) is 9.79 Å². The summed E-state index contributed by atoms with van der Waals surface area (Å²) in [6.45, 7) is 5.35. The van der Waals surface area contributed by atoms with Crippen LogP contribution in [0.3, 0.4) is 0 Å². The van der Waals surface area contributed by atoms with Gasteiger partial charge in [-0.2, -0.15) is 5.26 Å². The van der Waals surface area contributed by atoms with Crippen LogP contribution in [0.2, 0.25) is 0 Å². The van der Waals surface area contributed by atoms with Crippen molar-refractivity contribution in [3.05, 3.63) is 29.3 Å². The van der Waals surface area contributed by atoms with Gasteiger partial charge in [0.2, 0.25) is 5.91 Å². The molecule has 1 saturated heterocycles. The highest BCUT2D eigenvalue weighted by Gasteiger charge is 2.25. The summed E-state index contributed by atoms with van der Waals surface area (Å²) in [5.41, 5.74) is 3.08. The van der Waals surface area contributed by atoms with E-state index in [1.165, 1.54) is 0 Å². The zero-order valence-electron chi connectivity index (χ0n) is 11.3. The zero-order chi connectivity index (χ0) is 13.8. The number of benzene rings is 1. The van der Waals surface area contributed by atoms with Crippen LogP contribution in [-0.2, 0) is 4.79 Å². The van der Waals surface area contributed by atoms with Crippen LogP contribution in [0.5, 0.6) is 0 Å². The average Bonchev–Trinajstić information content (AvgIpc) is 2.73. The van der Waals surface area contributed by atoms with E-state index in [0.717, 1.165) is 24.2 Å². The molecule has 1 amide bonds. The highest BCUT2D eigenvalue weighted by atomic mass is 16.2. The number of nitriles is 1. The molecule has 1 aromatic rings. The van der Waals surface area contributed by atoms with Gasteiger partial charge in [0, 0.05) is 12.3 Å². The molecule has 4 nitrogen and oxygen atoms in total. The standard InChI is InChI=1S/C15H17N3O/c1-3-7-18-10-13(8-14(18)19)17-15-11(2)5-4-6-12(15)9-16/h4-6H,3,7-8,10H2,1-2H3. The Balaban J connectivity index is 2.29. The molecule has 0 spiro atoms. The largest absolute Gasteiger partial charge is 0.337 e. The maximum Gasteiger partial charge on any atom is 0.228 e. The van der Waals surface area contributed by atoms with Crippen LogP contribution in [0.15, 0.2) is 23.2 Å². The monoisotopic (exact) mass is 255 g/mol. The number of carbonyl (C=O) groups excluding carboxylic acids is 1. The summed E-state index contributed by atoms with van der Waals surface area (Å²) in [5, 5.41) is 9.11. The normalized spacial score (nSPS) is 17.0. The summed E-state index contributed by atoms with van der Waals surface area (Å²) in [7, 11) is 0. The first-order chi connectivity index (χ1) is 9.15. The van der Waals surface area contributed by atoms with Gasteiger partial charge in [-0.15, -0.1) is 0 Å². The quantitative estimate of drug-likeness (QED) is 0.833. The molecule has 0 N–H and O–H groups in total. The Kier molecular flexibility index (Phi) is 3.96. The number of likely N-dealkylation sites (tertiary alicyclic amines) is 1. The second-order valence-corrected chi connectivity index (χ2v) is 4.75. The maximum absolute atomic E-state index is 11.8. The van der Waals surface area contributed by atoms with Gasteiger partial charge in [0.25, 0.3) is 0 Å². The Morgan fingerprint density at radius 3 is 2.95 bits per heavy atom. The SMILES string of the molecule is CCCN1CC(=Nc2c(C)cccc2C#N)CC1=O. The molecule has 0 unspecified atom stereocenters. The van der Waals surface area contributed by atoms with Crippen molar-refractivity contribution in [1.82, 2.24) is 4.90 Å². The first-order valence-corrected chi connectivity index (χ1v) is 6.49. The number of hydrogen-bond donors (Lipinski definition) is 0. The van der Waals surface area contributed by atoms with E-state index in [1.807, 2.05) is 24.0 Å². The van der Waals surface area contributed by atoms with Crippen LogP contribution in [0, 0.1) is 18.3 Å². The Morgan fingerprint density at radius 1 is 1.47 bits per heavy atom. The molecule has 1 aliphatic rings. The van der Waals surface area contributed by atoms with Crippen LogP contribution >= 0.6 is 0 Å². The highest BCUT2D eigenvalue weighted by Crippen LogP contribution is 2.25. The van der Waals surface area contributed by atoms with E-state index in [4.69, 9.17) is 5.26 Å². The van der Waals surface area contributed by atoms with Crippen molar-refractivity contribution >= 4 is 17.3 Å². The van der Waals surface area contributed by atoms with Crippen LogP contribution in [0.1, 0.15) is 30.9 Å². The summed E-state index contributed by atoms with van der Waals surface area (Å²) >= 11 is 0. The third-order valence-electron chi connectivity index (χ3n) is 3.20. The minimum atomic E-state index is 0.132. The second-order valence-electron chi connectivity index (χ2n) is 4.75. The Labute approximate surface area is 113 Å². The smallest absolute Gasteiger partial charge is 0.228 e. The Bertz CT molecular complexity index is 569. The summed E-state index contributed by atoms with van der Waals surface area (Å²) in [6, 6.07) is 7.69. The Morgan fingerprint density at radius 2 is 2.26 bits per heavy atom. The molecule has 0 saturated carbocycles. The van der Waals surface area contributed by atoms with Crippen molar-refractivity contribution in [3.63, 3.8) is 0 Å². The van der Waals surface area contributed by atoms with Gasteiger partial charge in [-0.1, -0.05) is 19.1 Å². The van der Waals surface area contributed by atoms with Gasteiger partial charge in [0.1, 0.15) is 6.07 Å². The minimum Gasteiger partial charge on any atom is -0.337 e. The number of nitrogens with zero attached hydrogens (tertiary/aromatic N) is 3. The molecule has 0 aromatic heterocycles. The van der Waals surface area contributed by atoms with Gasteiger partial charge < -0.3 is 4.90 Å². The van der Waals surface area contributed by atoms with Gasteiger partial charge in [0.15, 0.2) is 0 Å². The minimum absolute atomic E-state index is 0.132. The summed E-state index contributed by atoms with van der Waals surface area (Å²) in [5.74, 6) is 0.132. The predicted octanol–water partition coefficient (Wildman–Crippen LogP) is 2.58. The van der Waals surface area contributed by atoms with Crippen LogP contribution in [-0.4, -0.2) is 29.6 Å². The van der Waals surface area contributed by atoms with E-state index >= 15 is 0 Å². The van der Waals surface area contributed by atoms with Crippen molar-refractivity contribution in [3.8, 4) is 6.07 Å². The van der Waals surface area contributed by atoms with Gasteiger partial charge >= 0.3 is 0 Å². The lowest BCUT2D eigenvalue weighted by molar-refractivity contribution is -0.127. The molecular weight excluding hydrogens is 238 g/mol. The lowest BCUT2D eigenvalue weighted by Gasteiger charge is -2.12. The van der Waals surface area contributed by atoms with E-state index in [1.54, 1.807) is 6.07 Å². The van der Waals surface area contributed by atoms with Crippen molar-refractivity contribution in [2.45, 2.75) is 26.7 Å². The van der Waals surface area contributed by atoms with Crippen molar-refractivity contribution in [2.24, 2.45) is 4.99 Å². The summed E-state index contributed by atoms with van der Waals surface area (Å²) in [6.07, 6.45) is 1.33. The predicted molar refractivity (Wildman–Crippen MR) is 74.5 cm³/mol. The molecule has 0 aliphatic carbocycles. The highest BCUT2D eigenvalue weighted by molar-refractivity contribution is 6.09. The van der Waals surface area contributed by atoms with Gasteiger partial charge in [0.05, 0.1) is 24.2 Å². The molecule has 2 rings (SSSR count). The number of hydrogen-bond acceptors (Lipinski definition) is 3. The molecule has 4 heteroatoms. The zero-order valence-corrected chi connectivity index (χ0v) is 11.3. The van der Waals surface area contributed by atoms with E-state index in [9.17, 15) is 4.79 Å². The van der Waals surface area contributed by atoms with E-state index in [0.29, 0.717) is 24.2 Å². The second kappa shape index (κ2) is 5.66. The number of carbonyl (C=O) groups is 1. The first-order valence-electron chi connectivity index (χ1n) is 6.49. The van der Waals surface area contributed by atoms with E-state index in [-0.39, 0.29) is 5.91 Å². The molecule has 1 aromatic carbocycles. The van der Waals surface area contributed by atoms with E-state index < -0.39 is 0 Å². The third-order valence-corrected chi connectivity index (χ3v) is 3.20. The van der Waals surface area contributed by atoms with Crippen molar-refractivity contribution in [2.75, 3.05) is 13.1 Å². The molecule has 0 radical (unpaired) electrons. The molecule has 1 heterocycles. The lowest BCUT2D eigenvalue weighted by Crippen LogP contribution is -2.25. The molecular formula is C15H17N3O. The van der Waals surface area contributed by atoms with Crippen molar-refractivity contribution < 1.29 is 4.79 Å². The van der Waals surface area contributed by atoms with E-state index in [2.05, 4.69) is 18.0 Å². The number of rotatable bonds is 3. The topological polar surface area (TPSA) is 56.5 Å². The summed E-state index contributed by atoms with van der Waals surface area (Å²) < 4.78 is 0. The number of aryl methyl sites for hydroxylation is 1. The number of aliphatic imine (C=N–C) groups is 1. The molecule has 98 valence electrons. The van der Waals surface area contributed by atoms with Gasteiger partial charge in [-0.05, 0) is 25.0 Å². The van der Waals surface area contributed by atoms with Crippen molar-refractivity contribution in [1.29, 1.82) is 5.26 Å². The third kappa shape index (κ3) is 2.82. The average molecular weight is 255 g/mol. The fourth-order valence-corrected chi connectivity index (χ4v) is 2.26. The molecule has 1 fully saturated rings. The van der Waals surface area contributed by atoms with Crippen LogP contribution in [0.4, 0.5) is 5.69 Å². The molecule has 0 atom stereocenters. The molecule has 0 bridgehead atoms. The molecule has 19 heavy (non-hydrogen) atoms. The number of para-hydroxylation sites is 1. The fraction of sp³-hybridized carbons (Fsp3) is 0.400. The lowest BCUT2D eigenvalue weighted by atomic mass is 10.1. The van der Waals surface area contributed by atoms with Crippen LogP contribution in [0.25, 0.3) is 0 Å². The Hall–Kier alpha value is -2.15. The summed E-state index contributed by atoms with van der Waals surface area (Å²) in [4.78, 5) is 18.1. The first kappa shape index (κ1) is 13.3. The molecule has 1 aliphatic heterocycles. The number of amides is 1. The maximum atomic E-state index is 11.8.